The molecular weight excluding hydrogens is 454 g/mol. The molecule has 2 aliphatic rings. The van der Waals surface area contributed by atoms with E-state index in [0.717, 1.165) is 69.8 Å². The van der Waals surface area contributed by atoms with E-state index in [0.29, 0.717) is 41.9 Å². The van der Waals surface area contributed by atoms with E-state index in [1.165, 1.54) is 0 Å². The number of aromatic amines is 1. The molecule has 1 fully saturated rings. The van der Waals surface area contributed by atoms with Gasteiger partial charge in [0.25, 0.3) is 5.56 Å². The number of H-pyrrole nitrogens is 1. The van der Waals surface area contributed by atoms with E-state index in [2.05, 4.69) is 25.0 Å². The molecule has 4 rings (SSSR count). The Morgan fingerprint density at radius 2 is 1.82 bits per heavy atom. The van der Waals surface area contributed by atoms with Crippen LogP contribution in [-0.2, 0) is 11.3 Å². The zero-order valence-corrected chi connectivity index (χ0v) is 20.9. The summed E-state index contributed by atoms with van der Waals surface area (Å²) < 4.78 is 16.8. The van der Waals surface area contributed by atoms with Crippen molar-refractivity contribution in [1.82, 2.24) is 25.0 Å². The third-order valence-electron chi connectivity index (χ3n) is 6.08. The number of ether oxygens (including phenoxy) is 3. The van der Waals surface area contributed by atoms with Crippen molar-refractivity contribution < 1.29 is 14.2 Å². The highest BCUT2D eigenvalue weighted by Gasteiger charge is 2.17. The summed E-state index contributed by atoms with van der Waals surface area (Å²) in [5.41, 5.74) is 1.29. The molecule has 3 heterocycles. The van der Waals surface area contributed by atoms with Gasteiger partial charge in [0.2, 0.25) is 0 Å². The Labute approximate surface area is 205 Å². The van der Waals surface area contributed by atoms with E-state index in [1.807, 2.05) is 32.3 Å². The normalized spacial score (nSPS) is 16.1. The minimum absolute atomic E-state index is 0.117. The fraction of sp³-hybridized carbons (Fsp3) is 0.583. The van der Waals surface area contributed by atoms with Crippen LogP contribution in [0.25, 0.3) is 10.9 Å². The Morgan fingerprint density at radius 1 is 1.09 bits per heavy atom. The van der Waals surface area contributed by atoms with Gasteiger partial charge in [-0.3, -0.25) is 9.69 Å². The molecule has 0 amide bonds. The van der Waals surface area contributed by atoms with E-state index >= 15 is 0 Å². The number of aromatic nitrogens is 1. The average Bonchev–Trinajstić information content (AvgIpc) is 2.84. The number of benzene rings is 1. The van der Waals surface area contributed by atoms with Gasteiger partial charge in [-0.15, -0.1) is 0 Å². The van der Waals surface area contributed by atoms with E-state index in [-0.39, 0.29) is 5.56 Å². The Hall–Kier alpha value is -2.40. The highest BCUT2D eigenvalue weighted by atomic mass is 32.1. The lowest BCUT2D eigenvalue weighted by atomic mass is 10.1. The zero-order valence-electron chi connectivity index (χ0n) is 20.1. The molecule has 2 aliphatic heterocycles. The van der Waals surface area contributed by atoms with Gasteiger partial charge in [-0.1, -0.05) is 0 Å². The van der Waals surface area contributed by atoms with Crippen LogP contribution >= 0.6 is 12.2 Å². The van der Waals surface area contributed by atoms with Gasteiger partial charge in [-0.2, -0.15) is 0 Å². The van der Waals surface area contributed by atoms with Crippen LogP contribution < -0.4 is 20.3 Å². The molecule has 0 saturated carbocycles. The molecule has 0 unspecified atom stereocenters. The van der Waals surface area contributed by atoms with Crippen molar-refractivity contribution in [1.29, 1.82) is 0 Å². The van der Waals surface area contributed by atoms with Gasteiger partial charge in [0, 0.05) is 49.7 Å². The van der Waals surface area contributed by atoms with Gasteiger partial charge in [0.15, 0.2) is 16.6 Å². The average molecular weight is 490 g/mol. The topological polar surface area (TPSA) is 82.3 Å². The monoisotopic (exact) mass is 489 g/mol. The van der Waals surface area contributed by atoms with Crippen molar-refractivity contribution in [2.75, 3.05) is 79.8 Å². The van der Waals surface area contributed by atoms with Gasteiger partial charge >= 0.3 is 0 Å². The van der Waals surface area contributed by atoms with Crippen molar-refractivity contribution in [2.24, 2.45) is 0 Å². The SMILES string of the molecule is CN(C)CCN(Cc1cc2cc3c(cc2[nH]c1=O)OCCO3)C(=S)NCCCN1CCOCC1. The van der Waals surface area contributed by atoms with Crippen LogP contribution in [0.3, 0.4) is 0 Å². The van der Waals surface area contributed by atoms with Crippen molar-refractivity contribution in [2.45, 2.75) is 13.0 Å². The number of morpholine rings is 1. The quantitative estimate of drug-likeness (QED) is 0.400. The lowest BCUT2D eigenvalue weighted by molar-refractivity contribution is 0.0376. The van der Waals surface area contributed by atoms with E-state index < -0.39 is 0 Å². The first-order valence-corrected chi connectivity index (χ1v) is 12.3. The lowest BCUT2D eigenvalue weighted by Crippen LogP contribution is -2.44. The Morgan fingerprint density at radius 3 is 2.56 bits per heavy atom. The summed E-state index contributed by atoms with van der Waals surface area (Å²) in [5.74, 6) is 1.37. The summed E-state index contributed by atoms with van der Waals surface area (Å²) >= 11 is 5.73. The lowest BCUT2D eigenvalue weighted by Gasteiger charge is -2.28. The number of likely N-dealkylation sites (N-methyl/N-ethyl adjacent to an activating group) is 1. The number of rotatable bonds is 9. The fourth-order valence-electron chi connectivity index (χ4n) is 4.12. The van der Waals surface area contributed by atoms with E-state index in [4.69, 9.17) is 26.4 Å². The number of thiocarbonyl (C=S) groups is 1. The number of hydrogen-bond acceptors (Lipinski definition) is 7. The van der Waals surface area contributed by atoms with E-state index in [9.17, 15) is 4.79 Å². The molecule has 2 aromatic rings. The standard InChI is InChI=1S/C24H35N5O4S/c1-27(2)6-7-29(24(34)25-4-3-5-28-8-10-31-11-9-28)17-19-14-18-15-21-22(33-13-12-32-21)16-20(18)26-23(19)30/h14-16H,3-13,17H2,1-2H3,(H,25,34)(H,26,30). The molecule has 34 heavy (non-hydrogen) atoms. The first-order chi connectivity index (χ1) is 16.5. The second-order valence-corrected chi connectivity index (χ2v) is 9.36. The summed E-state index contributed by atoms with van der Waals surface area (Å²) in [6, 6.07) is 5.69. The predicted molar refractivity (Wildman–Crippen MR) is 137 cm³/mol. The number of nitrogens with zero attached hydrogens (tertiary/aromatic N) is 3. The van der Waals surface area contributed by atoms with Gasteiger partial charge in [-0.05, 0) is 51.4 Å². The Bertz CT molecular complexity index is 1040. The van der Waals surface area contributed by atoms with Crippen LogP contribution in [0.4, 0.5) is 0 Å². The maximum atomic E-state index is 12.9. The number of hydrogen-bond donors (Lipinski definition) is 2. The second-order valence-electron chi connectivity index (χ2n) is 8.97. The molecule has 0 bridgehead atoms. The maximum absolute atomic E-state index is 12.9. The second kappa shape index (κ2) is 11.8. The molecule has 10 heteroatoms. The van der Waals surface area contributed by atoms with Crippen LogP contribution in [-0.4, -0.2) is 105 Å². The molecule has 9 nitrogen and oxygen atoms in total. The predicted octanol–water partition coefficient (Wildman–Crippen LogP) is 1.26. The molecule has 2 N–H and O–H groups in total. The zero-order chi connectivity index (χ0) is 23.9. The summed E-state index contributed by atoms with van der Waals surface area (Å²) in [5, 5.41) is 4.98. The smallest absolute Gasteiger partial charge is 0.253 e. The molecule has 1 saturated heterocycles. The molecular formula is C24H35N5O4S. The number of pyridine rings is 1. The summed E-state index contributed by atoms with van der Waals surface area (Å²) in [4.78, 5) is 22.5. The van der Waals surface area contributed by atoms with Gasteiger partial charge in [-0.25, -0.2) is 0 Å². The van der Waals surface area contributed by atoms with Crippen LogP contribution in [0, 0.1) is 0 Å². The number of nitrogens with one attached hydrogen (secondary N) is 2. The van der Waals surface area contributed by atoms with Crippen molar-refractivity contribution in [3.05, 3.63) is 34.1 Å². The molecule has 0 radical (unpaired) electrons. The van der Waals surface area contributed by atoms with Gasteiger partial charge < -0.3 is 34.3 Å². The fourth-order valence-corrected chi connectivity index (χ4v) is 4.38. The third-order valence-corrected chi connectivity index (χ3v) is 6.48. The van der Waals surface area contributed by atoms with Crippen LogP contribution in [0.1, 0.15) is 12.0 Å². The third kappa shape index (κ3) is 6.59. The van der Waals surface area contributed by atoms with E-state index in [1.54, 1.807) is 0 Å². The van der Waals surface area contributed by atoms with Gasteiger partial charge in [0.1, 0.15) is 13.2 Å². The minimum Gasteiger partial charge on any atom is -0.486 e. The number of fused-ring (bicyclic) bond motifs is 2. The molecule has 1 aromatic carbocycles. The first-order valence-electron chi connectivity index (χ1n) is 11.9. The molecule has 0 atom stereocenters. The maximum Gasteiger partial charge on any atom is 0.253 e. The minimum atomic E-state index is -0.117. The van der Waals surface area contributed by atoms with Crippen molar-refractivity contribution in [3.8, 4) is 11.5 Å². The Kier molecular flexibility index (Phi) is 8.60. The highest BCUT2D eigenvalue weighted by molar-refractivity contribution is 7.80. The summed E-state index contributed by atoms with van der Waals surface area (Å²) in [7, 11) is 4.07. The molecule has 186 valence electrons. The Balaban J connectivity index is 1.42. The summed E-state index contributed by atoms with van der Waals surface area (Å²) in [6.45, 7) is 8.46. The highest BCUT2D eigenvalue weighted by Crippen LogP contribution is 2.33. The van der Waals surface area contributed by atoms with Gasteiger partial charge in [0.05, 0.1) is 25.3 Å². The van der Waals surface area contributed by atoms with Crippen LogP contribution in [0.15, 0.2) is 23.0 Å². The van der Waals surface area contributed by atoms with Crippen LogP contribution in [0.2, 0.25) is 0 Å². The largest absolute Gasteiger partial charge is 0.486 e. The van der Waals surface area contributed by atoms with Crippen molar-refractivity contribution in [3.63, 3.8) is 0 Å². The summed E-state index contributed by atoms with van der Waals surface area (Å²) in [6.07, 6.45) is 1.01. The molecule has 0 aliphatic carbocycles. The first kappa shape index (κ1) is 24.7. The van der Waals surface area contributed by atoms with Crippen molar-refractivity contribution >= 4 is 28.2 Å². The van der Waals surface area contributed by atoms with Crippen LogP contribution in [0.5, 0.6) is 11.5 Å². The molecule has 1 aromatic heterocycles. The molecule has 0 spiro atoms.